The molecule has 0 fully saturated rings. The lowest BCUT2D eigenvalue weighted by molar-refractivity contribution is -0.145. The second-order valence-corrected chi connectivity index (χ2v) is 4.26. The number of esters is 1. The number of hydrogen-bond donors (Lipinski definition) is 0. The van der Waals surface area contributed by atoms with Gasteiger partial charge >= 0.3 is 5.97 Å². The van der Waals surface area contributed by atoms with Crippen LogP contribution >= 0.6 is 0 Å². The maximum absolute atomic E-state index is 12.0. The predicted molar refractivity (Wildman–Crippen MR) is 69.6 cm³/mol. The smallest absolute Gasteiger partial charge is 0.325 e. The first-order valence-corrected chi connectivity index (χ1v) is 5.87. The van der Waals surface area contributed by atoms with Crippen LogP contribution in [0.1, 0.15) is 5.56 Å². The summed E-state index contributed by atoms with van der Waals surface area (Å²) in [5.41, 5.74) is 1.57. The Morgan fingerprint density at radius 2 is 2.05 bits per heavy atom. The molecule has 1 heterocycles. The highest BCUT2D eigenvalue weighted by molar-refractivity contribution is 5.88. The second kappa shape index (κ2) is 5.56. The number of para-hydroxylation sites is 1. The molecule has 0 unspecified atom stereocenters. The molecule has 2 aromatic rings. The third kappa shape index (κ3) is 2.93. The van der Waals surface area contributed by atoms with Gasteiger partial charge in [-0.15, -0.1) is 0 Å². The number of ether oxygens (including phenoxy) is 1. The van der Waals surface area contributed by atoms with E-state index < -0.39 is 5.97 Å². The lowest BCUT2D eigenvalue weighted by Gasteiger charge is -2.14. The summed E-state index contributed by atoms with van der Waals surface area (Å²) in [4.78, 5) is 24.4. The van der Waals surface area contributed by atoms with Crippen molar-refractivity contribution in [3.63, 3.8) is 0 Å². The van der Waals surface area contributed by atoms with Gasteiger partial charge in [0.25, 0.3) is 0 Å². The Hall–Kier alpha value is -2.30. The number of rotatable bonds is 4. The van der Waals surface area contributed by atoms with Crippen LogP contribution in [-0.2, 0) is 20.7 Å². The number of methoxy groups -OCH3 is 1. The van der Waals surface area contributed by atoms with E-state index >= 15 is 0 Å². The van der Waals surface area contributed by atoms with Crippen molar-refractivity contribution in [2.75, 3.05) is 20.7 Å². The highest BCUT2D eigenvalue weighted by Gasteiger charge is 2.16. The van der Waals surface area contributed by atoms with Gasteiger partial charge in [-0.05, 0) is 6.07 Å². The van der Waals surface area contributed by atoms with Crippen molar-refractivity contribution >= 4 is 22.8 Å². The quantitative estimate of drug-likeness (QED) is 0.784. The summed E-state index contributed by atoms with van der Waals surface area (Å²) in [5, 5.41) is 0.919. The molecule has 1 amide bonds. The Kier molecular flexibility index (Phi) is 3.85. The molecule has 0 aliphatic rings. The number of furan rings is 1. The zero-order valence-electron chi connectivity index (χ0n) is 10.9. The van der Waals surface area contributed by atoms with Gasteiger partial charge in [-0.3, -0.25) is 9.59 Å². The standard InChI is InChI=1S/C14H15NO4/c1-15(8-14(17)18-2)13(16)7-10-9-19-12-6-4-3-5-11(10)12/h3-6,9H,7-8H2,1-2H3. The maximum atomic E-state index is 12.0. The molecule has 0 spiro atoms. The van der Waals surface area contributed by atoms with Crippen LogP contribution in [0.25, 0.3) is 11.0 Å². The predicted octanol–water partition coefficient (Wildman–Crippen LogP) is 1.61. The fourth-order valence-corrected chi connectivity index (χ4v) is 1.81. The van der Waals surface area contributed by atoms with Gasteiger partial charge in [-0.1, -0.05) is 18.2 Å². The van der Waals surface area contributed by atoms with E-state index in [-0.39, 0.29) is 18.9 Å². The van der Waals surface area contributed by atoms with Gasteiger partial charge in [0.05, 0.1) is 19.8 Å². The molecule has 2 rings (SSSR count). The fraction of sp³-hybridized carbons (Fsp3) is 0.286. The molecule has 0 bridgehead atoms. The van der Waals surface area contributed by atoms with Crippen molar-refractivity contribution in [3.05, 3.63) is 36.1 Å². The van der Waals surface area contributed by atoms with Gasteiger partial charge in [-0.2, -0.15) is 0 Å². The number of carbonyl (C=O) groups is 2. The van der Waals surface area contributed by atoms with Crippen molar-refractivity contribution in [1.29, 1.82) is 0 Å². The lowest BCUT2D eigenvalue weighted by atomic mass is 10.1. The van der Waals surface area contributed by atoms with Gasteiger partial charge in [0, 0.05) is 18.0 Å². The number of likely N-dealkylation sites (N-methyl/N-ethyl adjacent to an activating group) is 1. The highest BCUT2D eigenvalue weighted by Crippen LogP contribution is 2.21. The van der Waals surface area contributed by atoms with Gasteiger partial charge in [0.15, 0.2) is 0 Å². The number of fused-ring (bicyclic) bond motifs is 1. The van der Waals surface area contributed by atoms with Crippen LogP contribution < -0.4 is 0 Å². The van der Waals surface area contributed by atoms with Crippen LogP contribution in [0, 0.1) is 0 Å². The molecule has 0 atom stereocenters. The van der Waals surface area contributed by atoms with Gasteiger partial charge in [-0.25, -0.2) is 0 Å². The van der Waals surface area contributed by atoms with Crippen LogP contribution in [0.15, 0.2) is 34.9 Å². The van der Waals surface area contributed by atoms with Crippen LogP contribution in [0.2, 0.25) is 0 Å². The Morgan fingerprint density at radius 1 is 1.32 bits per heavy atom. The molecule has 0 aliphatic carbocycles. The average Bonchev–Trinajstić information content (AvgIpc) is 2.82. The molecule has 1 aromatic carbocycles. The molecule has 0 aliphatic heterocycles. The van der Waals surface area contributed by atoms with E-state index in [1.807, 2.05) is 24.3 Å². The van der Waals surface area contributed by atoms with Gasteiger partial charge in [0.2, 0.25) is 5.91 Å². The van der Waals surface area contributed by atoms with E-state index in [9.17, 15) is 9.59 Å². The first-order chi connectivity index (χ1) is 9.11. The molecular formula is C14H15NO4. The number of nitrogens with zero attached hydrogens (tertiary/aromatic N) is 1. The number of carbonyl (C=O) groups excluding carboxylic acids is 2. The second-order valence-electron chi connectivity index (χ2n) is 4.26. The molecule has 0 saturated heterocycles. The summed E-state index contributed by atoms with van der Waals surface area (Å²) >= 11 is 0. The summed E-state index contributed by atoms with van der Waals surface area (Å²) in [6, 6.07) is 7.52. The Balaban J connectivity index is 2.08. The highest BCUT2D eigenvalue weighted by atomic mass is 16.5. The van der Waals surface area contributed by atoms with Crippen molar-refractivity contribution in [2.45, 2.75) is 6.42 Å². The first-order valence-electron chi connectivity index (χ1n) is 5.87. The van der Waals surface area contributed by atoms with E-state index in [1.54, 1.807) is 13.3 Å². The molecule has 19 heavy (non-hydrogen) atoms. The molecule has 0 saturated carbocycles. The van der Waals surface area contributed by atoms with Crippen LogP contribution in [0.4, 0.5) is 0 Å². The minimum absolute atomic E-state index is 0.0505. The number of benzene rings is 1. The van der Waals surface area contributed by atoms with Crippen molar-refractivity contribution < 1.29 is 18.7 Å². The Labute approximate surface area is 110 Å². The van der Waals surface area contributed by atoms with Crippen LogP contribution in [0.5, 0.6) is 0 Å². The largest absolute Gasteiger partial charge is 0.468 e. The van der Waals surface area contributed by atoms with Crippen LogP contribution in [0.3, 0.4) is 0 Å². The minimum Gasteiger partial charge on any atom is -0.468 e. The molecule has 5 nitrogen and oxygen atoms in total. The summed E-state index contributed by atoms with van der Waals surface area (Å²) < 4.78 is 9.89. The van der Waals surface area contributed by atoms with Crippen molar-refractivity contribution in [3.8, 4) is 0 Å². The molecule has 0 radical (unpaired) electrons. The van der Waals surface area contributed by atoms with E-state index in [0.717, 1.165) is 16.5 Å². The maximum Gasteiger partial charge on any atom is 0.325 e. The van der Waals surface area contributed by atoms with E-state index in [1.165, 1.54) is 12.0 Å². The third-order valence-corrected chi connectivity index (χ3v) is 2.92. The minimum atomic E-state index is -0.437. The number of amides is 1. The van der Waals surface area contributed by atoms with Crippen molar-refractivity contribution in [2.24, 2.45) is 0 Å². The average molecular weight is 261 g/mol. The topological polar surface area (TPSA) is 59.8 Å². The summed E-state index contributed by atoms with van der Waals surface area (Å²) in [7, 11) is 2.87. The number of hydrogen-bond acceptors (Lipinski definition) is 4. The molecule has 1 aromatic heterocycles. The molecule has 100 valence electrons. The normalized spacial score (nSPS) is 10.4. The summed E-state index contributed by atoms with van der Waals surface area (Å²) in [6.45, 7) is -0.0505. The molecule has 0 N–H and O–H groups in total. The van der Waals surface area contributed by atoms with Crippen LogP contribution in [-0.4, -0.2) is 37.5 Å². The Bertz CT molecular complexity index is 602. The molecular weight excluding hydrogens is 246 g/mol. The summed E-state index contributed by atoms with van der Waals surface area (Å²) in [5.74, 6) is -0.593. The van der Waals surface area contributed by atoms with E-state index in [4.69, 9.17) is 4.42 Å². The fourth-order valence-electron chi connectivity index (χ4n) is 1.81. The van der Waals surface area contributed by atoms with Gasteiger partial charge < -0.3 is 14.1 Å². The lowest BCUT2D eigenvalue weighted by Crippen LogP contribution is -2.33. The third-order valence-electron chi connectivity index (χ3n) is 2.92. The summed E-state index contributed by atoms with van der Waals surface area (Å²) in [6.07, 6.45) is 1.78. The van der Waals surface area contributed by atoms with E-state index in [2.05, 4.69) is 4.74 Å². The van der Waals surface area contributed by atoms with Gasteiger partial charge in [0.1, 0.15) is 12.1 Å². The van der Waals surface area contributed by atoms with Crippen molar-refractivity contribution in [1.82, 2.24) is 4.90 Å². The Morgan fingerprint density at radius 3 is 2.79 bits per heavy atom. The molecule has 5 heteroatoms. The monoisotopic (exact) mass is 261 g/mol. The zero-order chi connectivity index (χ0) is 13.8. The zero-order valence-corrected chi connectivity index (χ0v) is 10.9. The SMILES string of the molecule is COC(=O)CN(C)C(=O)Cc1coc2ccccc12. The first kappa shape index (κ1) is 13.1. The van der Waals surface area contributed by atoms with E-state index in [0.29, 0.717) is 0 Å².